The maximum atomic E-state index is 11.7. The molecule has 1 unspecified atom stereocenters. The van der Waals surface area contributed by atoms with Gasteiger partial charge in [0, 0.05) is 8.80 Å². The molecule has 1 atom stereocenters. The highest BCUT2D eigenvalue weighted by molar-refractivity contribution is 6.55. The number of esters is 1. The van der Waals surface area contributed by atoms with Gasteiger partial charge in [-0.15, -0.1) is 0 Å². The van der Waals surface area contributed by atoms with Crippen LogP contribution in [0, 0.1) is 5.92 Å². The topological polar surface area (TPSA) is 46.5 Å². The van der Waals surface area contributed by atoms with E-state index >= 15 is 0 Å². The lowest BCUT2D eigenvalue weighted by molar-refractivity contribution is 0.0488. The van der Waals surface area contributed by atoms with E-state index in [4.69, 9.17) is 9.84 Å². The highest BCUT2D eigenvalue weighted by atomic mass is 28.3. The third kappa shape index (κ3) is 5.36. The minimum absolute atomic E-state index is 0.155. The summed E-state index contributed by atoms with van der Waals surface area (Å²) in [6.07, 6.45) is 0.926. The first-order valence-electron chi connectivity index (χ1n) is 6.45. The van der Waals surface area contributed by atoms with Crippen LogP contribution in [0.2, 0.25) is 19.1 Å². The molecule has 0 fully saturated rings. The highest BCUT2D eigenvalue weighted by Crippen LogP contribution is 2.13. The van der Waals surface area contributed by atoms with Gasteiger partial charge in [-0.2, -0.15) is 0 Å². The van der Waals surface area contributed by atoms with Crippen molar-refractivity contribution in [3.8, 4) is 5.75 Å². The number of aromatic hydroxyl groups is 1. The molecular weight excluding hydrogens is 244 g/mol. The lowest BCUT2D eigenvalue weighted by Gasteiger charge is -2.13. The molecule has 4 heteroatoms. The van der Waals surface area contributed by atoms with Gasteiger partial charge in [0.15, 0.2) is 0 Å². The van der Waals surface area contributed by atoms with Gasteiger partial charge in [0.2, 0.25) is 0 Å². The maximum Gasteiger partial charge on any atom is 0.338 e. The number of carbonyl (C=O) groups is 1. The molecular formula is C14H22O3Si. The Balaban J connectivity index is 2.31. The molecule has 0 saturated carbocycles. The molecule has 3 nitrogen and oxygen atoms in total. The van der Waals surface area contributed by atoms with E-state index in [1.54, 1.807) is 12.1 Å². The number of hydrogen-bond acceptors (Lipinski definition) is 3. The van der Waals surface area contributed by atoms with Crippen molar-refractivity contribution in [2.75, 3.05) is 6.61 Å². The summed E-state index contributed by atoms with van der Waals surface area (Å²) in [7, 11) is -0.529. The number of benzene rings is 1. The summed E-state index contributed by atoms with van der Waals surface area (Å²) in [5.74, 6) is 0.468. The Labute approximate surface area is 110 Å². The smallest absolute Gasteiger partial charge is 0.338 e. The molecule has 0 amide bonds. The second kappa shape index (κ2) is 7.21. The van der Waals surface area contributed by atoms with Crippen LogP contribution in [-0.2, 0) is 4.74 Å². The van der Waals surface area contributed by atoms with Crippen LogP contribution in [0.3, 0.4) is 0 Å². The van der Waals surface area contributed by atoms with E-state index < -0.39 is 8.80 Å². The number of phenols is 1. The van der Waals surface area contributed by atoms with Crippen LogP contribution < -0.4 is 0 Å². The Kier molecular flexibility index (Phi) is 5.91. The van der Waals surface area contributed by atoms with Crippen molar-refractivity contribution < 1.29 is 14.6 Å². The average molecular weight is 266 g/mol. The van der Waals surface area contributed by atoms with E-state index in [2.05, 4.69) is 20.0 Å². The lowest BCUT2D eigenvalue weighted by atomic mass is 10.1. The Hall–Kier alpha value is -1.29. The zero-order chi connectivity index (χ0) is 13.5. The van der Waals surface area contributed by atoms with Gasteiger partial charge in [-0.05, 0) is 36.6 Å². The first-order valence-corrected chi connectivity index (χ1v) is 9.57. The summed E-state index contributed by atoms with van der Waals surface area (Å²) in [4.78, 5) is 11.7. The molecule has 0 saturated heterocycles. The van der Waals surface area contributed by atoms with Crippen LogP contribution in [-0.4, -0.2) is 26.5 Å². The summed E-state index contributed by atoms with van der Waals surface area (Å²) in [6.45, 7) is 7.35. The molecule has 0 aliphatic heterocycles. The molecule has 0 aliphatic rings. The molecule has 1 aromatic rings. The fraction of sp³-hybridized carbons (Fsp3) is 0.500. The number of carbonyl (C=O) groups excluding carboxylic acids is 1. The number of hydrogen-bond donors (Lipinski definition) is 1. The van der Waals surface area contributed by atoms with Crippen molar-refractivity contribution in [2.45, 2.75) is 32.5 Å². The molecule has 0 radical (unpaired) electrons. The largest absolute Gasteiger partial charge is 0.508 e. The predicted octanol–water partition coefficient (Wildman–Crippen LogP) is 3.06. The Morgan fingerprint density at radius 1 is 1.33 bits per heavy atom. The molecule has 1 rings (SSSR count). The minimum atomic E-state index is -0.529. The number of ether oxygens (including phenoxy) is 1. The molecule has 0 aromatic heterocycles. The SMILES string of the molecule is CC(CCOC(=O)c1ccc(O)cc1)C[SiH](C)C. The summed E-state index contributed by atoms with van der Waals surface area (Å²) in [5.41, 5.74) is 0.485. The van der Waals surface area contributed by atoms with Gasteiger partial charge in [-0.3, -0.25) is 0 Å². The molecule has 1 N–H and O–H groups in total. The first-order chi connectivity index (χ1) is 8.49. The summed E-state index contributed by atoms with van der Waals surface area (Å²) in [5, 5.41) is 9.12. The van der Waals surface area contributed by atoms with Crippen molar-refractivity contribution in [1.29, 1.82) is 0 Å². The summed E-state index contributed by atoms with van der Waals surface area (Å²) in [6, 6.07) is 7.41. The van der Waals surface area contributed by atoms with Crippen LogP contribution in [0.25, 0.3) is 0 Å². The fourth-order valence-corrected chi connectivity index (χ4v) is 3.80. The van der Waals surface area contributed by atoms with Crippen LogP contribution >= 0.6 is 0 Å². The molecule has 0 heterocycles. The van der Waals surface area contributed by atoms with Crippen LogP contribution in [0.5, 0.6) is 5.75 Å². The van der Waals surface area contributed by atoms with Gasteiger partial charge in [-0.1, -0.05) is 26.1 Å². The third-order valence-electron chi connectivity index (χ3n) is 2.82. The predicted molar refractivity (Wildman–Crippen MR) is 75.9 cm³/mol. The zero-order valence-electron chi connectivity index (χ0n) is 11.3. The van der Waals surface area contributed by atoms with Crippen molar-refractivity contribution in [2.24, 2.45) is 5.92 Å². The molecule has 0 spiro atoms. The normalized spacial score (nSPS) is 12.4. The van der Waals surface area contributed by atoms with Crippen LogP contribution in [0.15, 0.2) is 24.3 Å². The van der Waals surface area contributed by atoms with Crippen molar-refractivity contribution in [3.63, 3.8) is 0 Å². The summed E-state index contributed by atoms with van der Waals surface area (Å²) >= 11 is 0. The lowest BCUT2D eigenvalue weighted by Crippen LogP contribution is -2.12. The fourth-order valence-electron chi connectivity index (χ4n) is 1.96. The molecule has 0 aliphatic carbocycles. The Morgan fingerprint density at radius 3 is 2.50 bits per heavy atom. The van der Waals surface area contributed by atoms with E-state index in [0.29, 0.717) is 18.1 Å². The van der Waals surface area contributed by atoms with Crippen molar-refractivity contribution in [1.82, 2.24) is 0 Å². The third-order valence-corrected chi connectivity index (χ3v) is 4.57. The van der Waals surface area contributed by atoms with Crippen molar-refractivity contribution >= 4 is 14.8 Å². The second-order valence-corrected chi connectivity index (χ2v) is 8.47. The maximum absolute atomic E-state index is 11.7. The van der Waals surface area contributed by atoms with E-state index in [-0.39, 0.29) is 11.7 Å². The minimum Gasteiger partial charge on any atom is -0.508 e. The van der Waals surface area contributed by atoms with Gasteiger partial charge in [0.05, 0.1) is 12.2 Å². The quantitative estimate of drug-likeness (QED) is 0.636. The van der Waals surface area contributed by atoms with Gasteiger partial charge in [-0.25, -0.2) is 4.79 Å². The number of rotatable bonds is 6. The van der Waals surface area contributed by atoms with Gasteiger partial charge in [0.1, 0.15) is 5.75 Å². The van der Waals surface area contributed by atoms with E-state index in [9.17, 15) is 4.79 Å². The second-order valence-electron chi connectivity index (χ2n) is 5.21. The molecule has 0 bridgehead atoms. The monoisotopic (exact) mass is 266 g/mol. The number of phenolic OH excluding ortho intramolecular Hbond substituents is 1. The summed E-state index contributed by atoms with van der Waals surface area (Å²) < 4.78 is 5.22. The first kappa shape index (κ1) is 14.8. The molecule has 18 heavy (non-hydrogen) atoms. The van der Waals surface area contributed by atoms with Gasteiger partial charge < -0.3 is 9.84 Å². The average Bonchev–Trinajstić information content (AvgIpc) is 2.28. The van der Waals surface area contributed by atoms with E-state index in [1.165, 1.54) is 18.2 Å². The molecule has 1 aromatic carbocycles. The van der Waals surface area contributed by atoms with E-state index in [0.717, 1.165) is 6.42 Å². The Bertz CT molecular complexity index is 373. The van der Waals surface area contributed by atoms with Crippen LogP contribution in [0.1, 0.15) is 23.7 Å². The van der Waals surface area contributed by atoms with E-state index in [1.807, 2.05) is 0 Å². The van der Waals surface area contributed by atoms with Gasteiger partial charge in [0.25, 0.3) is 0 Å². The van der Waals surface area contributed by atoms with Crippen molar-refractivity contribution in [3.05, 3.63) is 29.8 Å². The van der Waals surface area contributed by atoms with Crippen LogP contribution in [0.4, 0.5) is 0 Å². The van der Waals surface area contributed by atoms with Gasteiger partial charge >= 0.3 is 5.97 Å². The Morgan fingerprint density at radius 2 is 1.94 bits per heavy atom. The zero-order valence-corrected chi connectivity index (χ0v) is 12.5. The molecule has 100 valence electrons. The highest BCUT2D eigenvalue weighted by Gasteiger charge is 2.09. The standard InChI is InChI=1S/C14H22O3Si/c1-11(10-18(2)3)8-9-17-14(16)12-4-6-13(15)7-5-12/h4-7,11,15,18H,8-10H2,1-3H3.